The zero-order valence-corrected chi connectivity index (χ0v) is 21.8. The summed E-state index contributed by atoms with van der Waals surface area (Å²) >= 11 is -2.55. The third-order valence-corrected chi connectivity index (χ3v) is 18.8. The van der Waals surface area contributed by atoms with Crippen molar-refractivity contribution in [1.82, 2.24) is 0 Å². The quantitative estimate of drug-likeness (QED) is 0.248. The van der Waals surface area contributed by atoms with Gasteiger partial charge >= 0.3 is 196 Å². The number of rotatable bonds is 0. The standard InChI is InChI=1S/C28H22Si.2CH3.Ti/c1-29(2,27-15-7-13-23-21-11-5-3-9-19(21)17-25(23)27)28-16-8-14-24-22-12-6-4-10-20(22)18-26(24)28;;;/h3-18H,1-2H3;2*1H3;. The molecule has 1 heterocycles. The predicted molar refractivity (Wildman–Crippen MR) is 136 cm³/mol. The number of fused-ring (bicyclic) bond motifs is 6. The maximum absolute atomic E-state index is 2.72. The van der Waals surface area contributed by atoms with E-state index in [4.69, 9.17) is 0 Å². The fraction of sp³-hybridized carbons (Fsp3) is 0.200. The number of hydrogen-bond acceptors (Lipinski definition) is 0. The van der Waals surface area contributed by atoms with Gasteiger partial charge in [0.25, 0.3) is 0 Å². The molecule has 2 unspecified atom stereocenters. The van der Waals surface area contributed by atoms with Crippen LogP contribution < -0.4 is 10.4 Å². The molecule has 0 spiro atoms. The van der Waals surface area contributed by atoms with Gasteiger partial charge in [-0.05, 0) is 0 Å². The van der Waals surface area contributed by atoms with Crippen LogP contribution in [-0.4, -0.2) is 8.07 Å². The van der Waals surface area contributed by atoms with E-state index in [2.05, 4.69) is 108 Å². The van der Waals surface area contributed by atoms with Crippen molar-refractivity contribution < 1.29 is 16.6 Å². The molecule has 4 aromatic rings. The summed E-state index contributed by atoms with van der Waals surface area (Å²) in [7, 11) is -1.89. The third-order valence-electron chi connectivity index (χ3n) is 8.75. The van der Waals surface area contributed by atoms with Crippen molar-refractivity contribution in [1.29, 1.82) is 0 Å². The molecule has 0 saturated carbocycles. The van der Waals surface area contributed by atoms with Gasteiger partial charge in [-0.1, -0.05) is 0 Å². The Morgan fingerprint density at radius 3 is 1.41 bits per heavy atom. The molecule has 0 N–H and O–H groups in total. The van der Waals surface area contributed by atoms with E-state index in [9.17, 15) is 0 Å². The van der Waals surface area contributed by atoms with Crippen LogP contribution in [0.1, 0.15) is 30.7 Å². The predicted octanol–water partition coefficient (Wildman–Crippen LogP) is 6.91. The van der Waals surface area contributed by atoms with Crippen LogP contribution in [0, 0.1) is 0 Å². The molecule has 3 aliphatic rings. The first-order chi connectivity index (χ1) is 15.4. The first-order valence-electron chi connectivity index (χ1n) is 11.9. The summed E-state index contributed by atoms with van der Waals surface area (Å²) in [4.78, 5) is 0. The second-order valence-corrected chi connectivity index (χ2v) is 22.8. The van der Waals surface area contributed by atoms with Crippen molar-refractivity contribution in [3.05, 3.63) is 107 Å². The van der Waals surface area contributed by atoms with Crippen molar-refractivity contribution in [2.45, 2.75) is 32.0 Å². The second-order valence-electron chi connectivity index (χ2n) is 11.0. The van der Waals surface area contributed by atoms with Gasteiger partial charge in [-0.3, -0.25) is 0 Å². The van der Waals surface area contributed by atoms with Gasteiger partial charge < -0.3 is 0 Å². The van der Waals surface area contributed by atoms with Gasteiger partial charge in [0.15, 0.2) is 0 Å². The average Bonchev–Trinajstić information content (AvgIpc) is 3.32. The van der Waals surface area contributed by atoms with Crippen LogP contribution in [-0.2, 0) is 16.6 Å². The Labute approximate surface area is 195 Å². The molecule has 1 aliphatic heterocycles. The molecule has 32 heavy (non-hydrogen) atoms. The van der Waals surface area contributed by atoms with Gasteiger partial charge in [0.2, 0.25) is 0 Å². The van der Waals surface area contributed by atoms with E-state index in [1.54, 1.807) is 32.6 Å². The minimum absolute atomic E-state index is 0.599. The Kier molecular flexibility index (Phi) is 3.76. The van der Waals surface area contributed by atoms with Crippen LogP contribution in [0.5, 0.6) is 0 Å². The van der Waals surface area contributed by atoms with Crippen LogP contribution >= 0.6 is 0 Å². The fourth-order valence-electron chi connectivity index (χ4n) is 7.47. The van der Waals surface area contributed by atoms with Gasteiger partial charge in [0, 0.05) is 0 Å². The van der Waals surface area contributed by atoms with E-state index >= 15 is 0 Å². The summed E-state index contributed by atoms with van der Waals surface area (Å²) in [5.74, 6) is 0. The summed E-state index contributed by atoms with van der Waals surface area (Å²) in [6, 6.07) is 33.1. The van der Waals surface area contributed by atoms with Gasteiger partial charge in [0.05, 0.1) is 0 Å². The van der Waals surface area contributed by atoms with Crippen molar-refractivity contribution in [3.8, 4) is 22.3 Å². The molecule has 0 nitrogen and oxygen atoms in total. The first-order valence-corrected chi connectivity index (χ1v) is 19.8. The van der Waals surface area contributed by atoms with Crippen LogP contribution in [0.25, 0.3) is 22.3 Å². The van der Waals surface area contributed by atoms with Crippen molar-refractivity contribution in [3.63, 3.8) is 0 Å². The Bertz CT molecular complexity index is 1340. The van der Waals surface area contributed by atoms with Gasteiger partial charge in [-0.2, -0.15) is 0 Å². The van der Waals surface area contributed by atoms with Crippen molar-refractivity contribution >= 4 is 18.4 Å². The topological polar surface area (TPSA) is 0 Å². The van der Waals surface area contributed by atoms with Crippen molar-refractivity contribution in [2.24, 2.45) is 0 Å². The normalized spacial score (nSPS) is 22.2. The molecule has 0 amide bonds. The molecule has 0 saturated heterocycles. The molecule has 2 aliphatic carbocycles. The zero-order chi connectivity index (χ0) is 21.8. The molecule has 0 fully saturated rings. The summed E-state index contributed by atoms with van der Waals surface area (Å²) in [6.07, 6.45) is 0. The third kappa shape index (κ3) is 2.18. The maximum atomic E-state index is 2.72. The van der Waals surface area contributed by atoms with Crippen LogP contribution in [0.3, 0.4) is 0 Å². The molecule has 0 bridgehead atoms. The Morgan fingerprint density at radius 1 is 0.531 bits per heavy atom. The molecular formula is C30H28SiTi. The number of benzene rings is 4. The Hall–Kier alpha value is -2.19. The molecule has 4 aromatic carbocycles. The molecule has 156 valence electrons. The monoisotopic (exact) mass is 464 g/mol. The van der Waals surface area contributed by atoms with E-state index < -0.39 is 24.7 Å². The molecule has 0 aromatic heterocycles. The molecule has 2 heteroatoms. The molecule has 0 radical (unpaired) electrons. The SMILES string of the molecule is C[Si]1(C)c2cccc3c2[CH](c2ccccc2-3)[Ti]([CH3])([CH3])[CH]2c3ccccc3-c3cccc1c32. The zero-order valence-electron chi connectivity index (χ0n) is 19.2. The van der Waals surface area contributed by atoms with Gasteiger partial charge in [-0.15, -0.1) is 0 Å². The summed E-state index contributed by atoms with van der Waals surface area (Å²) in [5, 5.41) is 8.80. The van der Waals surface area contributed by atoms with Crippen LogP contribution in [0.15, 0.2) is 84.9 Å². The average molecular weight is 465 g/mol. The fourth-order valence-corrected chi connectivity index (χ4v) is 18.2. The summed E-state index contributed by atoms with van der Waals surface area (Å²) in [5.41, 5.74) is 12.7. The summed E-state index contributed by atoms with van der Waals surface area (Å²) < 4.78 is 1.20. The van der Waals surface area contributed by atoms with Crippen LogP contribution in [0.4, 0.5) is 0 Å². The van der Waals surface area contributed by atoms with Crippen molar-refractivity contribution in [2.75, 3.05) is 0 Å². The Balaban J connectivity index is 1.68. The molecule has 7 rings (SSSR count). The minimum atomic E-state index is -2.55. The van der Waals surface area contributed by atoms with Gasteiger partial charge in [0.1, 0.15) is 0 Å². The van der Waals surface area contributed by atoms with E-state index in [-0.39, 0.29) is 0 Å². The van der Waals surface area contributed by atoms with E-state index in [0.717, 1.165) is 0 Å². The van der Waals surface area contributed by atoms with E-state index in [0.29, 0.717) is 8.45 Å². The number of hydrogen-bond donors (Lipinski definition) is 0. The Morgan fingerprint density at radius 2 is 0.938 bits per heavy atom. The van der Waals surface area contributed by atoms with E-state index in [1.165, 1.54) is 22.3 Å². The van der Waals surface area contributed by atoms with Crippen LogP contribution in [0.2, 0.25) is 23.6 Å². The summed E-state index contributed by atoms with van der Waals surface area (Å²) in [6.45, 7) is 5.20. The second kappa shape index (κ2) is 6.23. The molecular weight excluding hydrogens is 436 g/mol. The van der Waals surface area contributed by atoms with E-state index in [1.807, 2.05) is 0 Å². The van der Waals surface area contributed by atoms with Gasteiger partial charge in [-0.25, -0.2) is 0 Å². The molecule has 2 atom stereocenters. The first kappa shape index (κ1) is 19.3.